The molecule has 0 spiro atoms. The summed E-state index contributed by atoms with van der Waals surface area (Å²) in [6.45, 7) is 2.66. The first-order valence-electron chi connectivity index (χ1n) is 6.49. The lowest BCUT2D eigenvalue weighted by atomic mass is 10.1. The van der Waals surface area contributed by atoms with Crippen molar-refractivity contribution in [2.45, 2.75) is 19.4 Å². The lowest BCUT2D eigenvalue weighted by Gasteiger charge is -2.15. The van der Waals surface area contributed by atoms with Gasteiger partial charge in [-0.05, 0) is 30.7 Å². The van der Waals surface area contributed by atoms with E-state index in [0.29, 0.717) is 13.0 Å². The molecule has 1 aromatic carbocycles. The molecule has 0 aromatic heterocycles. The van der Waals surface area contributed by atoms with Crippen LogP contribution in [0.3, 0.4) is 0 Å². The van der Waals surface area contributed by atoms with Gasteiger partial charge < -0.3 is 20.1 Å². The Morgan fingerprint density at radius 3 is 2.95 bits per heavy atom. The number of aliphatic hydroxyl groups is 1. The Bertz CT molecular complexity index is 530. The number of methoxy groups -OCH3 is 1. The third-order valence-corrected chi connectivity index (χ3v) is 3.30. The minimum atomic E-state index is -1.21. The van der Waals surface area contributed by atoms with Crippen LogP contribution >= 0.6 is 0 Å². The Hall–Kier alpha value is -2.08. The molecular formula is C14H18N2O4. The number of likely N-dealkylation sites (N-methyl/N-ethyl adjacent to an activating group) is 1. The highest BCUT2D eigenvalue weighted by molar-refractivity contribution is 6.01. The van der Waals surface area contributed by atoms with Crippen LogP contribution in [0.4, 0.5) is 11.4 Å². The summed E-state index contributed by atoms with van der Waals surface area (Å²) in [5, 5.41) is 12.5. The summed E-state index contributed by atoms with van der Waals surface area (Å²) in [5.74, 6) is -0.583. The number of nitrogens with zero attached hydrogens (tertiary/aromatic N) is 1. The van der Waals surface area contributed by atoms with Crippen LogP contribution in [0.5, 0.6) is 0 Å². The van der Waals surface area contributed by atoms with Crippen molar-refractivity contribution in [2.75, 3.05) is 30.4 Å². The molecule has 6 heteroatoms. The van der Waals surface area contributed by atoms with Gasteiger partial charge in [-0.3, -0.25) is 4.79 Å². The molecule has 2 N–H and O–H groups in total. The van der Waals surface area contributed by atoms with Gasteiger partial charge in [-0.2, -0.15) is 0 Å². The van der Waals surface area contributed by atoms with E-state index >= 15 is 0 Å². The Balaban J connectivity index is 2.04. The maximum atomic E-state index is 11.8. The number of ether oxygens (including phenoxy) is 1. The molecule has 108 valence electrons. The topological polar surface area (TPSA) is 78.9 Å². The molecule has 1 aliphatic heterocycles. The highest BCUT2D eigenvalue weighted by atomic mass is 16.5. The van der Waals surface area contributed by atoms with Gasteiger partial charge in [0, 0.05) is 17.9 Å². The Morgan fingerprint density at radius 1 is 1.55 bits per heavy atom. The fourth-order valence-electron chi connectivity index (χ4n) is 2.27. The molecule has 0 fully saturated rings. The highest BCUT2D eigenvalue weighted by Gasteiger charge is 2.26. The second-order valence-electron chi connectivity index (χ2n) is 4.58. The first-order chi connectivity index (χ1) is 9.56. The van der Waals surface area contributed by atoms with Gasteiger partial charge in [-0.1, -0.05) is 0 Å². The maximum absolute atomic E-state index is 11.8. The van der Waals surface area contributed by atoms with Gasteiger partial charge >= 0.3 is 5.97 Å². The van der Waals surface area contributed by atoms with Crippen molar-refractivity contribution in [1.29, 1.82) is 0 Å². The predicted molar refractivity (Wildman–Crippen MR) is 74.7 cm³/mol. The van der Waals surface area contributed by atoms with Gasteiger partial charge in [0.2, 0.25) is 5.91 Å². The summed E-state index contributed by atoms with van der Waals surface area (Å²) in [7, 11) is 1.23. The number of anilines is 2. The molecule has 0 aliphatic carbocycles. The normalized spacial score (nSPS) is 14.9. The van der Waals surface area contributed by atoms with Gasteiger partial charge in [-0.25, -0.2) is 4.79 Å². The number of esters is 1. The van der Waals surface area contributed by atoms with Crippen LogP contribution in [0.15, 0.2) is 18.2 Å². The van der Waals surface area contributed by atoms with Crippen LogP contribution in [0.2, 0.25) is 0 Å². The third kappa shape index (κ3) is 2.75. The van der Waals surface area contributed by atoms with Crippen molar-refractivity contribution in [2.24, 2.45) is 0 Å². The molecule has 0 bridgehead atoms. The van der Waals surface area contributed by atoms with E-state index in [9.17, 15) is 14.7 Å². The molecule has 20 heavy (non-hydrogen) atoms. The van der Waals surface area contributed by atoms with Crippen LogP contribution < -0.4 is 10.2 Å². The number of aliphatic hydroxyl groups excluding tert-OH is 1. The minimum absolute atomic E-state index is 0.0664. The van der Waals surface area contributed by atoms with Crippen molar-refractivity contribution >= 4 is 23.3 Å². The van der Waals surface area contributed by atoms with Crippen molar-refractivity contribution in [1.82, 2.24) is 0 Å². The number of fused-ring (bicyclic) bond motifs is 1. The van der Waals surface area contributed by atoms with Crippen molar-refractivity contribution in [3.05, 3.63) is 23.8 Å². The second kappa shape index (κ2) is 5.92. The second-order valence-corrected chi connectivity index (χ2v) is 4.58. The van der Waals surface area contributed by atoms with Gasteiger partial charge in [-0.15, -0.1) is 0 Å². The van der Waals surface area contributed by atoms with E-state index in [1.807, 2.05) is 25.1 Å². The molecule has 0 unspecified atom stereocenters. The van der Waals surface area contributed by atoms with Gasteiger partial charge in [0.1, 0.15) is 0 Å². The van der Waals surface area contributed by atoms with Crippen LogP contribution in [0.25, 0.3) is 0 Å². The van der Waals surface area contributed by atoms with Crippen LogP contribution in [-0.4, -0.2) is 43.3 Å². The smallest absolute Gasteiger partial charge is 0.336 e. The van der Waals surface area contributed by atoms with Crippen LogP contribution in [0, 0.1) is 0 Å². The molecule has 1 atom stereocenters. The standard InChI is InChI=1S/C14H18N2O4/c1-3-16-11-5-4-10(6-9(11)7-13(16)18)15-8-12(17)14(19)20-2/h4-6,12,15,17H,3,7-8H2,1-2H3/t12-/m1/s1. The van der Waals surface area contributed by atoms with Gasteiger partial charge in [0.05, 0.1) is 20.1 Å². The van der Waals surface area contributed by atoms with Gasteiger partial charge in [0.25, 0.3) is 0 Å². The lowest BCUT2D eigenvalue weighted by molar-refractivity contribution is -0.149. The molecule has 1 amide bonds. The molecule has 1 heterocycles. The molecule has 0 saturated heterocycles. The summed E-state index contributed by atoms with van der Waals surface area (Å²) in [4.78, 5) is 24.6. The zero-order valence-corrected chi connectivity index (χ0v) is 11.5. The fourth-order valence-corrected chi connectivity index (χ4v) is 2.27. The van der Waals surface area contributed by atoms with Gasteiger partial charge in [0.15, 0.2) is 6.10 Å². The summed E-state index contributed by atoms with van der Waals surface area (Å²) in [6.07, 6.45) is -0.819. The molecule has 1 aliphatic rings. The quantitative estimate of drug-likeness (QED) is 0.769. The van der Waals surface area contributed by atoms with E-state index < -0.39 is 12.1 Å². The summed E-state index contributed by atoms with van der Waals surface area (Å²) >= 11 is 0. The number of nitrogens with one attached hydrogen (secondary N) is 1. The van der Waals surface area contributed by atoms with E-state index in [-0.39, 0.29) is 12.5 Å². The Labute approximate surface area is 117 Å². The van der Waals surface area contributed by atoms with E-state index in [4.69, 9.17) is 0 Å². The molecule has 0 radical (unpaired) electrons. The third-order valence-electron chi connectivity index (χ3n) is 3.30. The number of hydrogen-bond donors (Lipinski definition) is 2. The van der Waals surface area contributed by atoms with Crippen LogP contribution in [0.1, 0.15) is 12.5 Å². The number of carbonyl (C=O) groups excluding carboxylic acids is 2. The van der Waals surface area contributed by atoms with E-state index in [1.165, 1.54) is 7.11 Å². The first-order valence-corrected chi connectivity index (χ1v) is 6.49. The van der Waals surface area contributed by atoms with Crippen molar-refractivity contribution < 1.29 is 19.4 Å². The largest absolute Gasteiger partial charge is 0.467 e. The summed E-state index contributed by atoms with van der Waals surface area (Å²) in [6, 6.07) is 5.56. The highest BCUT2D eigenvalue weighted by Crippen LogP contribution is 2.30. The molecule has 1 aromatic rings. The summed E-state index contributed by atoms with van der Waals surface area (Å²) < 4.78 is 4.44. The SMILES string of the molecule is CCN1C(=O)Cc2cc(NC[C@@H](O)C(=O)OC)ccc21. The number of rotatable bonds is 5. The average molecular weight is 278 g/mol. The zero-order chi connectivity index (χ0) is 14.7. The molecular weight excluding hydrogens is 260 g/mol. The van der Waals surface area contributed by atoms with E-state index in [0.717, 1.165) is 16.9 Å². The zero-order valence-electron chi connectivity index (χ0n) is 11.5. The van der Waals surface area contributed by atoms with E-state index in [2.05, 4.69) is 10.1 Å². The van der Waals surface area contributed by atoms with Crippen molar-refractivity contribution in [3.8, 4) is 0 Å². The number of benzene rings is 1. The minimum Gasteiger partial charge on any atom is -0.467 e. The molecule has 6 nitrogen and oxygen atoms in total. The average Bonchev–Trinajstić information content (AvgIpc) is 2.77. The maximum Gasteiger partial charge on any atom is 0.336 e. The molecule has 2 rings (SSSR count). The predicted octanol–water partition coefficient (Wildman–Crippen LogP) is 0.541. The number of hydrogen-bond acceptors (Lipinski definition) is 5. The summed E-state index contributed by atoms with van der Waals surface area (Å²) in [5.41, 5.74) is 2.64. The van der Waals surface area contributed by atoms with E-state index in [1.54, 1.807) is 4.90 Å². The van der Waals surface area contributed by atoms with Crippen LogP contribution in [-0.2, 0) is 20.7 Å². The Kier molecular flexibility index (Phi) is 4.24. The monoisotopic (exact) mass is 278 g/mol. The molecule has 0 saturated carbocycles. The fraction of sp³-hybridized carbons (Fsp3) is 0.429. The number of amides is 1. The first kappa shape index (κ1) is 14.3. The van der Waals surface area contributed by atoms with Crippen molar-refractivity contribution in [3.63, 3.8) is 0 Å². The Morgan fingerprint density at radius 2 is 2.30 bits per heavy atom. The number of carbonyl (C=O) groups is 2. The lowest BCUT2D eigenvalue weighted by Crippen LogP contribution is -2.29.